The summed E-state index contributed by atoms with van der Waals surface area (Å²) in [5.41, 5.74) is 0. The maximum atomic E-state index is 12.9. The first-order valence-electron chi connectivity index (χ1n) is 8.32. The molecular formula is C16H25N3O2S. The van der Waals surface area contributed by atoms with Gasteiger partial charge in [0, 0.05) is 19.6 Å². The van der Waals surface area contributed by atoms with Gasteiger partial charge in [-0.25, -0.2) is 4.98 Å². The number of aromatic nitrogens is 1. The predicted octanol–water partition coefficient (Wildman–Crippen LogP) is 2.03. The van der Waals surface area contributed by atoms with Crippen molar-refractivity contribution in [3.05, 3.63) is 16.1 Å². The third kappa shape index (κ3) is 3.19. The van der Waals surface area contributed by atoms with Crippen LogP contribution in [0.5, 0.6) is 0 Å². The SMILES string of the molecule is CCCc1ncc(C(=O)N2CCO[C@@H]3CCN(CC)C[C@@H]32)s1. The van der Waals surface area contributed by atoms with Crippen LogP contribution in [-0.4, -0.2) is 65.6 Å². The monoisotopic (exact) mass is 323 g/mol. The van der Waals surface area contributed by atoms with Crippen LogP contribution in [0.1, 0.15) is 41.4 Å². The molecule has 0 aliphatic carbocycles. The van der Waals surface area contributed by atoms with Crippen LogP contribution in [0.4, 0.5) is 0 Å². The van der Waals surface area contributed by atoms with E-state index in [1.807, 2.05) is 4.90 Å². The highest BCUT2D eigenvalue weighted by molar-refractivity contribution is 7.13. The van der Waals surface area contributed by atoms with E-state index >= 15 is 0 Å². The second-order valence-electron chi connectivity index (χ2n) is 6.03. The molecule has 2 fully saturated rings. The van der Waals surface area contributed by atoms with Crippen molar-refractivity contribution in [1.82, 2.24) is 14.8 Å². The summed E-state index contributed by atoms with van der Waals surface area (Å²) in [6.45, 7) is 8.69. The Hall–Kier alpha value is -0.980. The van der Waals surface area contributed by atoms with Gasteiger partial charge in [-0.1, -0.05) is 13.8 Å². The quantitative estimate of drug-likeness (QED) is 0.850. The van der Waals surface area contributed by atoms with Crippen molar-refractivity contribution in [2.75, 3.05) is 32.8 Å². The Bertz CT molecular complexity index is 519. The molecule has 2 atom stereocenters. The smallest absolute Gasteiger partial charge is 0.266 e. The number of amides is 1. The Morgan fingerprint density at radius 2 is 2.32 bits per heavy atom. The molecule has 2 aliphatic heterocycles. The van der Waals surface area contributed by atoms with Gasteiger partial charge in [-0.15, -0.1) is 11.3 Å². The Balaban J connectivity index is 1.74. The Morgan fingerprint density at radius 1 is 1.45 bits per heavy atom. The number of aryl methyl sites for hydroxylation is 1. The van der Waals surface area contributed by atoms with E-state index in [9.17, 15) is 4.79 Å². The van der Waals surface area contributed by atoms with E-state index in [-0.39, 0.29) is 18.1 Å². The summed E-state index contributed by atoms with van der Waals surface area (Å²) in [6, 6.07) is 0.187. The Labute approximate surface area is 136 Å². The molecule has 0 bridgehead atoms. The normalized spacial score (nSPS) is 26.0. The highest BCUT2D eigenvalue weighted by atomic mass is 32.1. The molecule has 3 heterocycles. The van der Waals surface area contributed by atoms with Crippen LogP contribution in [0.15, 0.2) is 6.20 Å². The zero-order valence-electron chi connectivity index (χ0n) is 13.5. The second kappa shape index (κ2) is 7.06. The summed E-state index contributed by atoms with van der Waals surface area (Å²) >= 11 is 1.55. The van der Waals surface area contributed by atoms with Crippen molar-refractivity contribution in [3.63, 3.8) is 0 Å². The molecule has 0 radical (unpaired) electrons. The average Bonchev–Trinajstić information content (AvgIpc) is 3.02. The molecule has 0 aromatic carbocycles. The van der Waals surface area contributed by atoms with Gasteiger partial charge in [0.1, 0.15) is 4.88 Å². The number of rotatable bonds is 4. The van der Waals surface area contributed by atoms with Gasteiger partial charge in [0.05, 0.1) is 30.0 Å². The van der Waals surface area contributed by atoms with Crippen molar-refractivity contribution >= 4 is 17.2 Å². The molecule has 0 N–H and O–H groups in total. The van der Waals surface area contributed by atoms with Crippen LogP contribution < -0.4 is 0 Å². The zero-order chi connectivity index (χ0) is 15.5. The average molecular weight is 323 g/mol. The highest BCUT2D eigenvalue weighted by Gasteiger charge is 2.39. The lowest BCUT2D eigenvalue weighted by Crippen LogP contribution is -2.61. The first-order chi connectivity index (χ1) is 10.7. The molecule has 0 saturated carbocycles. The molecule has 1 amide bonds. The number of hydrogen-bond donors (Lipinski definition) is 0. The van der Waals surface area contributed by atoms with Gasteiger partial charge in [-0.2, -0.15) is 0 Å². The number of ether oxygens (including phenoxy) is 1. The number of likely N-dealkylation sites (tertiary alicyclic amines) is 1. The molecule has 0 unspecified atom stereocenters. The highest BCUT2D eigenvalue weighted by Crippen LogP contribution is 2.26. The topological polar surface area (TPSA) is 45.7 Å². The minimum absolute atomic E-state index is 0.135. The molecule has 6 heteroatoms. The first kappa shape index (κ1) is 15.9. The van der Waals surface area contributed by atoms with E-state index in [0.29, 0.717) is 13.2 Å². The number of fused-ring (bicyclic) bond motifs is 1. The molecule has 122 valence electrons. The summed E-state index contributed by atoms with van der Waals surface area (Å²) in [6.07, 6.45) is 4.99. The Kier molecular flexibility index (Phi) is 5.10. The van der Waals surface area contributed by atoms with Crippen LogP contribution in [-0.2, 0) is 11.2 Å². The lowest BCUT2D eigenvalue weighted by Gasteiger charge is -2.46. The van der Waals surface area contributed by atoms with E-state index in [1.165, 1.54) is 0 Å². The van der Waals surface area contributed by atoms with E-state index in [4.69, 9.17) is 4.74 Å². The number of morpholine rings is 1. The van der Waals surface area contributed by atoms with E-state index in [1.54, 1.807) is 17.5 Å². The van der Waals surface area contributed by atoms with Gasteiger partial charge in [-0.3, -0.25) is 4.79 Å². The van der Waals surface area contributed by atoms with Crippen molar-refractivity contribution in [3.8, 4) is 0 Å². The van der Waals surface area contributed by atoms with E-state index in [2.05, 4.69) is 23.7 Å². The van der Waals surface area contributed by atoms with Gasteiger partial charge in [0.15, 0.2) is 0 Å². The number of hydrogen-bond acceptors (Lipinski definition) is 5. The van der Waals surface area contributed by atoms with E-state index < -0.39 is 0 Å². The second-order valence-corrected chi connectivity index (χ2v) is 7.14. The predicted molar refractivity (Wildman–Crippen MR) is 87.4 cm³/mol. The van der Waals surface area contributed by atoms with Gasteiger partial charge in [0.25, 0.3) is 5.91 Å². The molecule has 5 nitrogen and oxygen atoms in total. The molecule has 2 saturated heterocycles. The van der Waals surface area contributed by atoms with Crippen LogP contribution in [0.3, 0.4) is 0 Å². The molecule has 1 aromatic rings. The largest absolute Gasteiger partial charge is 0.374 e. The van der Waals surface area contributed by atoms with E-state index in [0.717, 1.165) is 48.8 Å². The summed E-state index contributed by atoms with van der Waals surface area (Å²) < 4.78 is 5.90. The number of nitrogens with zero attached hydrogens (tertiary/aromatic N) is 3. The summed E-state index contributed by atoms with van der Waals surface area (Å²) in [7, 11) is 0. The molecule has 22 heavy (non-hydrogen) atoms. The Morgan fingerprint density at radius 3 is 3.09 bits per heavy atom. The zero-order valence-corrected chi connectivity index (χ0v) is 14.3. The van der Waals surface area contributed by atoms with Gasteiger partial charge in [-0.05, 0) is 25.8 Å². The van der Waals surface area contributed by atoms with Crippen LogP contribution >= 0.6 is 11.3 Å². The lowest BCUT2D eigenvalue weighted by atomic mass is 9.98. The van der Waals surface area contributed by atoms with Gasteiger partial charge < -0.3 is 14.5 Å². The standard InChI is InChI=1S/C16H25N3O2S/c1-3-5-15-17-10-14(22-15)16(20)19-8-9-21-13-6-7-18(4-2)11-12(13)19/h10,12-13H,3-9,11H2,1-2H3/t12-,13+/m0/s1. The molecule has 0 spiro atoms. The van der Waals surface area contributed by atoms with Crippen molar-refractivity contribution < 1.29 is 9.53 Å². The minimum Gasteiger partial charge on any atom is -0.374 e. The number of carbonyl (C=O) groups excluding carboxylic acids is 1. The van der Waals surface area contributed by atoms with Gasteiger partial charge >= 0.3 is 0 Å². The summed E-state index contributed by atoms with van der Waals surface area (Å²) in [4.78, 5) is 22.5. The fraction of sp³-hybridized carbons (Fsp3) is 0.750. The van der Waals surface area contributed by atoms with Crippen molar-refractivity contribution in [1.29, 1.82) is 0 Å². The number of thiazole rings is 1. The number of likely N-dealkylation sites (N-methyl/N-ethyl adjacent to an activating group) is 1. The van der Waals surface area contributed by atoms with Gasteiger partial charge in [0.2, 0.25) is 0 Å². The van der Waals surface area contributed by atoms with Crippen LogP contribution in [0.2, 0.25) is 0 Å². The fourth-order valence-electron chi connectivity index (χ4n) is 3.36. The maximum absolute atomic E-state index is 12.9. The third-order valence-electron chi connectivity index (χ3n) is 4.61. The minimum atomic E-state index is 0.135. The summed E-state index contributed by atoms with van der Waals surface area (Å²) in [5.74, 6) is 0.135. The van der Waals surface area contributed by atoms with Crippen molar-refractivity contribution in [2.24, 2.45) is 0 Å². The molecule has 3 rings (SSSR count). The van der Waals surface area contributed by atoms with Crippen molar-refractivity contribution in [2.45, 2.75) is 45.3 Å². The molecule has 1 aromatic heterocycles. The first-order valence-corrected chi connectivity index (χ1v) is 9.14. The fourth-order valence-corrected chi connectivity index (χ4v) is 4.33. The van der Waals surface area contributed by atoms with Crippen LogP contribution in [0, 0.1) is 0 Å². The number of carbonyl (C=O) groups is 1. The number of piperidine rings is 1. The summed E-state index contributed by atoms with van der Waals surface area (Å²) in [5, 5.41) is 1.06. The maximum Gasteiger partial charge on any atom is 0.266 e. The lowest BCUT2D eigenvalue weighted by molar-refractivity contribution is -0.0895. The van der Waals surface area contributed by atoms with Crippen LogP contribution in [0.25, 0.3) is 0 Å². The third-order valence-corrected chi connectivity index (χ3v) is 5.65. The molecular weight excluding hydrogens is 298 g/mol. The molecule has 2 aliphatic rings.